The maximum Gasteiger partial charge on any atom is 0.0505 e. The van der Waals surface area contributed by atoms with Gasteiger partial charge in [-0.05, 0) is 19.0 Å². The average Bonchev–Trinajstić information content (AvgIpc) is 1.72. The lowest BCUT2D eigenvalue weighted by atomic mass is 10.4. The molecule has 0 aliphatic carbocycles. The summed E-state index contributed by atoms with van der Waals surface area (Å²) >= 11 is 0. The summed E-state index contributed by atoms with van der Waals surface area (Å²) in [6.45, 7) is 1.01. The molecule has 1 rings (SSSR count). The first-order valence-corrected chi connectivity index (χ1v) is 3.46. The van der Waals surface area contributed by atoms with Crippen LogP contribution in [0.4, 0.5) is 0 Å². The van der Waals surface area contributed by atoms with Crippen LogP contribution in [0.3, 0.4) is 0 Å². The van der Waals surface area contributed by atoms with Crippen molar-refractivity contribution in [3.63, 3.8) is 0 Å². The molecular formula is C4H9OP. The Kier molecular flexibility index (Phi) is 1.93. The summed E-state index contributed by atoms with van der Waals surface area (Å²) in [6, 6.07) is 0. The normalized spacial score (nSPS) is 28.0. The van der Waals surface area contributed by atoms with E-state index < -0.39 is 0 Å². The van der Waals surface area contributed by atoms with Gasteiger partial charge in [0.15, 0.2) is 0 Å². The van der Waals surface area contributed by atoms with Crippen LogP contribution in [-0.4, -0.2) is 12.8 Å². The van der Waals surface area contributed by atoms with Crippen LogP contribution in [0.5, 0.6) is 0 Å². The van der Waals surface area contributed by atoms with Crippen molar-refractivity contribution in [1.29, 1.82) is 0 Å². The van der Waals surface area contributed by atoms with Crippen molar-refractivity contribution in [2.45, 2.75) is 12.8 Å². The van der Waals surface area contributed by atoms with Gasteiger partial charge in [-0.2, -0.15) is 0 Å². The fourth-order valence-corrected chi connectivity index (χ4v) is 1.34. The minimum Gasteiger partial charge on any atom is -0.362 e. The Morgan fingerprint density at radius 3 is 2.50 bits per heavy atom. The molecule has 0 N–H and O–H groups in total. The largest absolute Gasteiger partial charge is 0.362 e. The van der Waals surface area contributed by atoms with Gasteiger partial charge < -0.3 is 4.52 Å². The smallest absolute Gasteiger partial charge is 0.0505 e. The van der Waals surface area contributed by atoms with Crippen molar-refractivity contribution in [3.05, 3.63) is 0 Å². The minimum absolute atomic E-state index is 0.802. The van der Waals surface area contributed by atoms with E-state index in [1.165, 1.54) is 19.0 Å². The zero-order valence-electron chi connectivity index (χ0n) is 3.74. The molecule has 1 aliphatic heterocycles. The average molecular weight is 104 g/mol. The molecule has 1 atom stereocenters. The third-order valence-corrected chi connectivity index (χ3v) is 1.84. The fourth-order valence-electron chi connectivity index (χ4n) is 0.516. The highest BCUT2D eigenvalue weighted by molar-refractivity contribution is 7.32. The molecule has 6 heavy (non-hydrogen) atoms. The van der Waals surface area contributed by atoms with E-state index in [2.05, 4.69) is 0 Å². The lowest BCUT2D eigenvalue weighted by molar-refractivity contribution is 0.334. The first-order valence-electron chi connectivity index (χ1n) is 2.35. The zero-order valence-corrected chi connectivity index (χ0v) is 4.74. The molecule has 0 aromatic carbocycles. The monoisotopic (exact) mass is 104 g/mol. The van der Waals surface area contributed by atoms with Crippen molar-refractivity contribution in [1.82, 2.24) is 0 Å². The van der Waals surface area contributed by atoms with E-state index in [9.17, 15) is 0 Å². The summed E-state index contributed by atoms with van der Waals surface area (Å²) in [5, 5.41) is 0. The van der Waals surface area contributed by atoms with Crippen LogP contribution < -0.4 is 0 Å². The quantitative estimate of drug-likeness (QED) is 0.422. The molecule has 0 aromatic rings. The molecule has 1 saturated heterocycles. The summed E-state index contributed by atoms with van der Waals surface area (Å²) in [5.74, 6) is 0. The number of hydrogen-bond acceptors (Lipinski definition) is 1. The van der Waals surface area contributed by atoms with Crippen molar-refractivity contribution in [2.24, 2.45) is 0 Å². The molecule has 1 heterocycles. The van der Waals surface area contributed by atoms with E-state index >= 15 is 0 Å². The molecule has 0 saturated carbocycles. The van der Waals surface area contributed by atoms with Gasteiger partial charge in [0.1, 0.15) is 0 Å². The Morgan fingerprint density at radius 2 is 2.33 bits per heavy atom. The van der Waals surface area contributed by atoms with Gasteiger partial charge in [0.2, 0.25) is 0 Å². The predicted octanol–water partition coefficient (Wildman–Crippen LogP) is 1.39. The zero-order chi connectivity index (χ0) is 4.24. The summed E-state index contributed by atoms with van der Waals surface area (Å²) in [7, 11) is 0.802. The fraction of sp³-hybridized carbons (Fsp3) is 1.00. The SMILES string of the molecule is C1CCPOC1. The topological polar surface area (TPSA) is 9.23 Å². The lowest BCUT2D eigenvalue weighted by Crippen LogP contribution is -1.93. The van der Waals surface area contributed by atoms with Gasteiger partial charge in [-0.1, -0.05) is 0 Å². The van der Waals surface area contributed by atoms with E-state index in [1.54, 1.807) is 0 Å². The van der Waals surface area contributed by atoms with Gasteiger partial charge in [-0.15, -0.1) is 0 Å². The third-order valence-electron chi connectivity index (χ3n) is 0.877. The molecule has 1 fully saturated rings. The second-order valence-corrected chi connectivity index (χ2v) is 2.53. The van der Waals surface area contributed by atoms with Crippen LogP contribution in [0, 0.1) is 0 Å². The number of hydrogen-bond donors (Lipinski definition) is 0. The Morgan fingerprint density at radius 1 is 1.33 bits per heavy atom. The maximum absolute atomic E-state index is 5.10. The third kappa shape index (κ3) is 1.24. The Balaban J connectivity index is 2.00. The van der Waals surface area contributed by atoms with Crippen LogP contribution in [0.2, 0.25) is 0 Å². The van der Waals surface area contributed by atoms with Crippen molar-refractivity contribution in [3.8, 4) is 0 Å². The molecule has 1 unspecified atom stereocenters. The summed E-state index contributed by atoms with van der Waals surface area (Å²) in [4.78, 5) is 0. The standard InChI is InChI=1S/C4H9OP/c1-2-4-6-5-3-1/h6H,1-4H2. The van der Waals surface area contributed by atoms with Gasteiger partial charge in [0.25, 0.3) is 0 Å². The van der Waals surface area contributed by atoms with Crippen LogP contribution in [0.15, 0.2) is 0 Å². The molecule has 0 bridgehead atoms. The maximum atomic E-state index is 5.10. The second-order valence-electron chi connectivity index (χ2n) is 1.45. The summed E-state index contributed by atoms with van der Waals surface area (Å²) in [5.41, 5.74) is 0. The van der Waals surface area contributed by atoms with E-state index in [1.807, 2.05) is 0 Å². The minimum atomic E-state index is 0.802. The van der Waals surface area contributed by atoms with E-state index in [4.69, 9.17) is 4.52 Å². The summed E-state index contributed by atoms with van der Waals surface area (Å²) in [6.07, 6.45) is 3.98. The van der Waals surface area contributed by atoms with Gasteiger partial charge in [-0.25, -0.2) is 0 Å². The van der Waals surface area contributed by atoms with Crippen LogP contribution in [-0.2, 0) is 4.52 Å². The van der Waals surface area contributed by atoms with Gasteiger partial charge in [-0.3, -0.25) is 0 Å². The lowest BCUT2D eigenvalue weighted by Gasteiger charge is -2.07. The first-order chi connectivity index (χ1) is 3.00. The van der Waals surface area contributed by atoms with Crippen LogP contribution in [0.1, 0.15) is 12.8 Å². The van der Waals surface area contributed by atoms with Crippen molar-refractivity contribution in [2.75, 3.05) is 12.8 Å². The molecule has 1 aliphatic rings. The molecule has 0 spiro atoms. The van der Waals surface area contributed by atoms with E-state index in [-0.39, 0.29) is 0 Å². The Hall–Kier alpha value is 0.390. The van der Waals surface area contributed by atoms with Crippen LogP contribution in [0.25, 0.3) is 0 Å². The molecule has 36 valence electrons. The molecule has 0 radical (unpaired) electrons. The van der Waals surface area contributed by atoms with Gasteiger partial charge >= 0.3 is 0 Å². The first kappa shape index (κ1) is 4.55. The molecule has 1 nitrogen and oxygen atoms in total. The molecular weight excluding hydrogens is 95.0 g/mol. The van der Waals surface area contributed by atoms with Gasteiger partial charge in [0.05, 0.1) is 6.61 Å². The summed E-state index contributed by atoms with van der Waals surface area (Å²) < 4.78 is 5.10. The predicted molar refractivity (Wildman–Crippen MR) is 28.4 cm³/mol. The highest BCUT2D eigenvalue weighted by atomic mass is 31.1. The van der Waals surface area contributed by atoms with E-state index in [0.29, 0.717) is 0 Å². The molecule has 2 heteroatoms. The Bertz CT molecular complexity index is 23.0. The Labute approximate surface area is 39.9 Å². The van der Waals surface area contributed by atoms with E-state index in [0.717, 1.165) is 15.4 Å². The highest BCUT2D eigenvalue weighted by Gasteiger charge is 1.95. The van der Waals surface area contributed by atoms with Gasteiger partial charge in [0, 0.05) is 8.81 Å². The molecule has 0 aromatic heterocycles. The molecule has 0 amide bonds. The second kappa shape index (κ2) is 2.54. The highest BCUT2D eigenvalue weighted by Crippen LogP contribution is 2.19. The van der Waals surface area contributed by atoms with Crippen molar-refractivity contribution < 1.29 is 4.52 Å². The van der Waals surface area contributed by atoms with Crippen molar-refractivity contribution >= 4 is 8.81 Å². The number of rotatable bonds is 0. The van der Waals surface area contributed by atoms with Crippen LogP contribution >= 0.6 is 8.81 Å².